The molecule has 0 bridgehead atoms. The summed E-state index contributed by atoms with van der Waals surface area (Å²) >= 11 is 0. The fraction of sp³-hybridized carbons (Fsp3) is 0.327. The van der Waals surface area contributed by atoms with E-state index in [2.05, 4.69) is 25.9 Å². The zero-order chi connectivity index (χ0) is 54.4. The number of H-pyrrole nitrogens is 1. The van der Waals surface area contributed by atoms with E-state index in [1.807, 2.05) is 24.3 Å². The van der Waals surface area contributed by atoms with Crippen molar-refractivity contribution in [2.24, 2.45) is 27.9 Å². The van der Waals surface area contributed by atoms with Crippen LogP contribution in [0.4, 0.5) is 11.4 Å². The first-order chi connectivity index (χ1) is 35.7. The number of amides is 6. The Kier molecular flexibility index (Phi) is 19.2. The Bertz CT molecular complexity index is 2910. The maximum absolute atomic E-state index is 14.8. The molecule has 1 aliphatic rings. The van der Waals surface area contributed by atoms with E-state index in [1.165, 1.54) is 36.4 Å². The highest BCUT2D eigenvalue weighted by Gasteiger charge is 2.43. The smallest absolute Gasteiger partial charge is 0.469 e. The van der Waals surface area contributed by atoms with Gasteiger partial charge in [-0.15, -0.1) is 0 Å². The fourth-order valence-corrected chi connectivity index (χ4v) is 9.01. The van der Waals surface area contributed by atoms with Gasteiger partial charge in [0.1, 0.15) is 36.0 Å². The average Bonchev–Trinajstić information content (AvgIpc) is 4.04. The first-order valence-electron chi connectivity index (χ1n) is 23.6. The minimum atomic E-state index is -5.35. The third-order valence-electron chi connectivity index (χ3n) is 12.4. The van der Waals surface area contributed by atoms with Crippen LogP contribution in [0.15, 0.2) is 114 Å². The number of nitrogens with two attached hydrogens (primary N) is 4. The lowest BCUT2D eigenvalue weighted by molar-refractivity contribution is -0.384. The van der Waals surface area contributed by atoms with Gasteiger partial charge in [-0.25, -0.2) is 4.57 Å². The number of likely N-dealkylation sites (tertiary alicyclic amines) is 1. The van der Waals surface area contributed by atoms with Crippen LogP contribution in [-0.4, -0.2) is 127 Å². The lowest BCUT2D eigenvalue weighted by atomic mass is 10.0. The SMILES string of the molecule is NC(=O)[C@H](CCCN=C(N)N)N(C(=O)[C@@H]1CCCN1C(=O)[C@H](COP(=O)(O)O)NC(=O)[C@H](Cc1ccc(O)cc1)NC(=O)[C@H](Cc1ccccc1)NC(=O)[C@@H](N)Cc1c[nH]c2ccccc12)c1ccc([N+](=O)[O-])cc1. The van der Waals surface area contributed by atoms with E-state index in [0.717, 1.165) is 38.4 Å². The molecule has 26 heteroatoms. The van der Waals surface area contributed by atoms with Crippen molar-refractivity contribution in [2.45, 2.75) is 81.2 Å². The van der Waals surface area contributed by atoms with Gasteiger partial charge in [0.05, 0.1) is 17.6 Å². The van der Waals surface area contributed by atoms with Crippen LogP contribution >= 0.6 is 7.82 Å². The molecule has 15 N–H and O–H groups in total. The largest absolute Gasteiger partial charge is 0.508 e. The number of guanidine groups is 1. The van der Waals surface area contributed by atoms with Crippen LogP contribution in [0.3, 0.4) is 0 Å². The summed E-state index contributed by atoms with van der Waals surface area (Å²) < 4.78 is 16.9. The Balaban J connectivity index is 1.29. The molecule has 0 saturated carbocycles. The zero-order valence-corrected chi connectivity index (χ0v) is 41.3. The molecule has 398 valence electrons. The number of hydrogen-bond acceptors (Lipinski definition) is 13. The van der Waals surface area contributed by atoms with Crippen LogP contribution in [0.5, 0.6) is 5.75 Å². The van der Waals surface area contributed by atoms with Gasteiger partial charge in [0, 0.05) is 60.9 Å². The number of benzene rings is 4. The minimum Gasteiger partial charge on any atom is -0.508 e. The van der Waals surface area contributed by atoms with Crippen molar-refractivity contribution in [1.29, 1.82) is 0 Å². The quantitative estimate of drug-likeness (QED) is 0.00954. The molecule has 6 atom stereocenters. The number of phosphoric ester groups is 1. The number of hydrogen-bond donors (Lipinski definition) is 11. The third kappa shape index (κ3) is 15.6. The number of carbonyl (C=O) groups is 6. The van der Waals surface area contributed by atoms with Gasteiger partial charge in [0.25, 0.3) is 11.6 Å². The van der Waals surface area contributed by atoms with Gasteiger partial charge in [-0.05, 0) is 79.1 Å². The van der Waals surface area contributed by atoms with Gasteiger partial charge >= 0.3 is 7.82 Å². The summed E-state index contributed by atoms with van der Waals surface area (Å²) in [6.45, 7) is -1.26. The molecule has 4 aromatic carbocycles. The minimum absolute atomic E-state index is 0.00365. The maximum atomic E-state index is 14.8. The molecule has 2 heterocycles. The Morgan fingerprint density at radius 2 is 1.43 bits per heavy atom. The van der Waals surface area contributed by atoms with E-state index in [-0.39, 0.29) is 81.1 Å². The summed E-state index contributed by atoms with van der Waals surface area (Å²) in [5.74, 6) is -5.89. The topological polar surface area (TPSA) is 407 Å². The van der Waals surface area contributed by atoms with Crippen molar-refractivity contribution >= 4 is 71.5 Å². The van der Waals surface area contributed by atoms with E-state index in [9.17, 15) is 58.3 Å². The third-order valence-corrected chi connectivity index (χ3v) is 12.9. The van der Waals surface area contributed by atoms with Crippen molar-refractivity contribution in [1.82, 2.24) is 25.8 Å². The molecule has 1 saturated heterocycles. The number of phenols is 1. The number of anilines is 1. The first-order valence-corrected chi connectivity index (χ1v) is 25.2. The normalized spacial score (nSPS) is 15.4. The van der Waals surface area contributed by atoms with Crippen LogP contribution in [-0.2, 0) is 57.1 Å². The van der Waals surface area contributed by atoms with Gasteiger partial charge in [0.15, 0.2) is 5.96 Å². The Hall–Kier alpha value is -8.22. The number of nitro groups is 1. The highest BCUT2D eigenvalue weighted by molar-refractivity contribution is 7.46. The summed E-state index contributed by atoms with van der Waals surface area (Å²) in [5, 5.41) is 30.2. The molecule has 0 aliphatic carbocycles. The van der Waals surface area contributed by atoms with Gasteiger partial charge < -0.3 is 63.7 Å². The number of aromatic nitrogens is 1. The number of aromatic hydroxyl groups is 1. The van der Waals surface area contributed by atoms with Crippen LogP contribution in [0, 0.1) is 10.1 Å². The Labute approximate surface area is 429 Å². The summed E-state index contributed by atoms with van der Waals surface area (Å²) in [5.41, 5.74) is 25.5. The number of aromatic amines is 1. The number of non-ortho nitro benzene ring substituents is 1. The van der Waals surface area contributed by atoms with E-state index < -0.39 is 91.0 Å². The second-order valence-corrected chi connectivity index (χ2v) is 19.0. The Morgan fingerprint density at radius 3 is 2.04 bits per heavy atom. The predicted molar refractivity (Wildman–Crippen MR) is 274 cm³/mol. The molecule has 75 heavy (non-hydrogen) atoms. The summed E-state index contributed by atoms with van der Waals surface area (Å²) in [6, 6.07) is 17.5. The molecular formula is C49H59N12O13P. The molecule has 0 spiro atoms. The van der Waals surface area contributed by atoms with Crippen molar-refractivity contribution < 1.29 is 57.7 Å². The molecule has 1 aliphatic heterocycles. The van der Waals surface area contributed by atoms with Crippen LogP contribution < -0.4 is 43.8 Å². The maximum Gasteiger partial charge on any atom is 0.469 e. The number of fused-ring (bicyclic) bond motifs is 1. The van der Waals surface area contributed by atoms with Gasteiger partial charge in [-0.3, -0.25) is 53.3 Å². The highest BCUT2D eigenvalue weighted by Crippen LogP contribution is 2.36. The Morgan fingerprint density at radius 1 is 0.827 bits per heavy atom. The van der Waals surface area contributed by atoms with E-state index in [4.69, 9.17) is 27.5 Å². The lowest BCUT2D eigenvalue weighted by Gasteiger charge is -2.35. The van der Waals surface area contributed by atoms with Crippen LogP contribution in [0.2, 0.25) is 0 Å². The number of nitrogens with one attached hydrogen (secondary N) is 4. The van der Waals surface area contributed by atoms with E-state index in [0.29, 0.717) is 11.1 Å². The molecule has 25 nitrogen and oxygen atoms in total. The molecule has 1 aromatic heterocycles. The standard InChI is InChI=1S/C49H59N12O13P/c50-36(26-31-27-55-37-11-5-4-10-35(31)37)44(64)56-38(24-29-8-2-1-3-9-29)45(65)57-39(25-30-14-20-34(62)21-15-30)46(66)58-40(28-74-75(71,72)73)47(67)59-23-7-13-42(59)48(68)60(32-16-18-33(19-17-32)61(69)70)41(43(51)63)12-6-22-54-49(52)53/h1-5,8-11,14-21,27,36,38-42,55,62H,6-7,12-13,22-26,28,50H2,(H2,51,63)(H,56,64)(H,57,65)(H,58,66)(H4,52,53,54)(H2,71,72,73)/t36-,38-,39-,40-,41-,42-/m0/s1. The number of carbonyl (C=O) groups excluding carboxylic acids is 6. The lowest BCUT2D eigenvalue weighted by Crippen LogP contribution is -2.61. The van der Waals surface area contributed by atoms with Gasteiger partial charge in [-0.1, -0.05) is 60.7 Å². The van der Waals surface area contributed by atoms with Gasteiger partial charge in [0.2, 0.25) is 29.5 Å². The number of nitrogens with zero attached hydrogens (tertiary/aromatic N) is 4. The first kappa shape index (κ1) is 56.1. The van der Waals surface area contributed by atoms with Crippen molar-refractivity contribution in [2.75, 3.05) is 24.6 Å². The molecule has 1 fully saturated rings. The second-order valence-electron chi connectivity index (χ2n) is 17.7. The number of para-hydroxylation sites is 1. The highest BCUT2D eigenvalue weighted by atomic mass is 31.2. The zero-order valence-electron chi connectivity index (χ0n) is 40.4. The number of nitro benzene ring substituents is 1. The molecule has 0 unspecified atom stereocenters. The van der Waals surface area contributed by atoms with Gasteiger partial charge in [-0.2, -0.15) is 0 Å². The monoisotopic (exact) mass is 1050 g/mol. The van der Waals surface area contributed by atoms with Crippen LogP contribution in [0.25, 0.3) is 10.9 Å². The van der Waals surface area contributed by atoms with Crippen molar-refractivity contribution in [3.8, 4) is 5.75 Å². The summed E-state index contributed by atoms with van der Waals surface area (Å²) in [7, 11) is -5.35. The molecule has 0 radical (unpaired) electrons. The molecular weight excluding hydrogens is 996 g/mol. The average molecular weight is 1060 g/mol. The summed E-state index contributed by atoms with van der Waals surface area (Å²) in [4.78, 5) is 125. The number of phosphoric acid groups is 1. The van der Waals surface area contributed by atoms with E-state index >= 15 is 0 Å². The number of phenolic OH excluding ortho intramolecular Hbond substituents is 1. The van der Waals surface area contributed by atoms with Crippen molar-refractivity contribution in [3.63, 3.8) is 0 Å². The number of primary amides is 1. The summed E-state index contributed by atoms with van der Waals surface area (Å²) in [6.07, 6.45) is 1.65. The number of aliphatic imine (C=N–C) groups is 1. The second kappa shape index (κ2) is 25.6. The van der Waals surface area contributed by atoms with Crippen molar-refractivity contribution in [3.05, 3.63) is 136 Å². The fourth-order valence-electron chi connectivity index (χ4n) is 8.67. The number of rotatable bonds is 25. The van der Waals surface area contributed by atoms with E-state index in [1.54, 1.807) is 36.5 Å². The molecule has 6 rings (SSSR count). The predicted octanol–water partition coefficient (Wildman–Crippen LogP) is 0.632. The molecule has 6 amide bonds. The van der Waals surface area contributed by atoms with Crippen LogP contribution in [0.1, 0.15) is 42.4 Å². The molecule has 5 aromatic rings.